The lowest BCUT2D eigenvalue weighted by atomic mass is 10.2. The van der Waals surface area contributed by atoms with Crippen LogP contribution in [0.15, 0.2) is 41.4 Å². The highest BCUT2D eigenvalue weighted by Gasteiger charge is 2.18. The molecule has 110 valence electrons. The largest absolute Gasteiger partial charge is 0.478 e. The number of carbonyl (C=O) groups is 1. The Morgan fingerprint density at radius 3 is 2.71 bits per heavy atom. The number of aromatic carboxylic acids is 1. The first-order valence-corrected chi connectivity index (χ1v) is 7.55. The van der Waals surface area contributed by atoms with Crippen molar-refractivity contribution in [1.29, 1.82) is 0 Å². The van der Waals surface area contributed by atoms with Crippen LogP contribution in [0.5, 0.6) is 0 Å². The molecular weight excluding hydrogens is 318 g/mol. The summed E-state index contributed by atoms with van der Waals surface area (Å²) in [4.78, 5) is 10.8. The second-order valence-electron chi connectivity index (χ2n) is 3.99. The Morgan fingerprint density at radius 1 is 1.33 bits per heavy atom. The van der Waals surface area contributed by atoms with Crippen LogP contribution in [0.25, 0.3) is 0 Å². The topological polar surface area (TPSA) is 109 Å². The summed E-state index contributed by atoms with van der Waals surface area (Å²) >= 11 is 5.70. The molecule has 1 heterocycles. The van der Waals surface area contributed by atoms with Gasteiger partial charge in [-0.2, -0.15) is 10.2 Å². The molecule has 9 heteroatoms. The molecule has 1 aromatic heterocycles. The molecule has 7 nitrogen and oxygen atoms in total. The number of benzene rings is 1. The van der Waals surface area contributed by atoms with E-state index in [4.69, 9.17) is 16.7 Å². The Hall–Kier alpha value is -2.03. The molecule has 2 N–H and O–H groups in total. The Labute approximate surface area is 125 Å². The number of carboxylic acid groups (broad SMARTS) is 1. The Kier molecular flexibility index (Phi) is 4.51. The maximum atomic E-state index is 12.1. The van der Waals surface area contributed by atoms with Gasteiger partial charge >= 0.3 is 5.97 Å². The molecule has 0 aliphatic rings. The minimum Gasteiger partial charge on any atom is -0.478 e. The number of rotatable bonds is 5. The van der Waals surface area contributed by atoms with Crippen LogP contribution in [-0.2, 0) is 16.6 Å². The van der Waals surface area contributed by atoms with E-state index in [9.17, 15) is 13.2 Å². The van der Waals surface area contributed by atoms with Gasteiger partial charge in [0.15, 0.2) is 0 Å². The first kappa shape index (κ1) is 15.4. The number of hydrogen-bond donors (Lipinski definition) is 2. The molecule has 0 radical (unpaired) electrons. The molecule has 0 bridgehead atoms. The average Bonchev–Trinajstić information content (AvgIpc) is 2.46. The molecule has 1 aromatic carbocycles. The van der Waals surface area contributed by atoms with Crippen molar-refractivity contribution in [2.45, 2.75) is 11.4 Å². The predicted molar refractivity (Wildman–Crippen MR) is 74.5 cm³/mol. The second-order valence-corrected chi connectivity index (χ2v) is 6.16. The molecule has 2 aromatic rings. The van der Waals surface area contributed by atoms with E-state index < -0.39 is 16.0 Å². The van der Waals surface area contributed by atoms with Gasteiger partial charge in [0.2, 0.25) is 10.0 Å². The van der Waals surface area contributed by atoms with Gasteiger partial charge in [0.05, 0.1) is 27.7 Å². The van der Waals surface area contributed by atoms with E-state index in [0.29, 0.717) is 5.69 Å². The fourth-order valence-electron chi connectivity index (χ4n) is 1.52. The summed E-state index contributed by atoms with van der Waals surface area (Å²) in [6.07, 6.45) is 1.47. The maximum Gasteiger partial charge on any atom is 0.337 e. The highest BCUT2D eigenvalue weighted by molar-refractivity contribution is 7.89. The van der Waals surface area contributed by atoms with Crippen LogP contribution in [0.4, 0.5) is 0 Å². The number of sulfonamides is 1. The summed E-state index contributed by atoms with van der Waals surface area (Å²) in [7, 11) is -3.87. The Morgan fingerprint density at radius 2 is 2.10 bits per heavy atom. The molecule has 0 aliphatic carbocycles. The highest BCUT2D eigenvalue weighted by atomic mass is 35.5. The van der Waals surface area contributed by atoms with Crippen LogP contribution < -0.4 is 4.72 Å². The van der Waals surface area contributed by atoms with Crippen molar-refractivity contribution >= 4 is 27.6 Å². The van der Waals surface area contributed by atoms with Crippen molar-refractivity contribution in [3.63, 3.8) is 0 Å². The standard InChI is InChI=1S/C12H10ClN3O4S/c13-11-4-3-9(6-10(11)12(17)18)21(19,20)15-7-8-2-1-5-14-16-8/h1-6,15H,7H2,(H,17,18). The smallest absolute Gasteiger partial charge is 0.337 e. The summed E-state index contributed by atoms with van der Waals surface area (Å²) in [5, 5.41) is 16.3. The van der Waals surface area contributed by atoms with Crippen LogP contribution in [-0.4, -0.2) is 29.7 Å². The lowest BCUT2D eigenvalue weighted by Crippen LogP contribution is -2.24. The van der Waals surface area contributed by atoms with Gasteiger partial charge in [0.25, 0.3) is 0 Å². The highest BCUT2D eigenvalue weighted by Crippen LogP contribution is 2.20. The summed E-state index contributed by atoms with van der Waals surface area (Å²) in [5.74, 6) is -1.30. The van der Waals surface area contributed by atoms with Crippen LogP contribution in [0.2, 0.25) is 5.02 Å². The normalized spacial score (nSPS) is 11.3. The van der Waals surface area contributed by atoms with Crippen molar-refractivity contribution in [3.05, 3.63) is 52.8 Å². The monoisotopic (exact) mass is 327 g/mol. The zero-order chi connectivity index (χ0) is 15.5. The lowest BCUT2D eigenvalue weighted by molar-refractivity contribution is 0.0697. The molecule has 0 aliphatic heterocycles. The summed E-state index contributed by atoms with van der Waals surface area (Å²) in [5.41, 5.74) is 0.160. The van der Waals surface area contributed by atoms with Crippen molar-refractivity contribution in [1.82, 2.24) is 14.9 Å². The second kappa shape index (κ2) is 6.17. The molecule has 0 fully saturated rings. The van der Waals surface area contributed by atoms with Crippen LogP contribution in [0, 0.1) is 0 Å². The van der Waals surface area contributed by atoms with Crippen molar-refractivity contribution in [3.8, 4) is 0 Å². The predicted octanol–water partition coefficient (Wildman–Crippen LogP) is 1.31. The van der Waals surface area contributed by atoms with Crippen LogP contribution >= 0.6 is 11.6 Å². The van der Waals surface area contributed by atoms with Gasteiger partial charge in [-0.05, 0) is 30.3 Å². The minimum absolute atomic E-state index is 0.0321. The van der Waals surface area contributed by atoms with Crippen molar-refractivity contribution < 1.29 is 18.3 Å². The molecule has 21 heavy (non-hydrogen) atoms. The number of halogens is 1. The Balaban J connectivity index is 2.24. The zero-order valence-electron chi connectivity index (χ0n) is 10.5. The van der Waals surface area contributed by atoms with Gasteiger partial charge in [-0.3, -0.25) is 0 Å². The lowest BCUT2D eigenvalue weighted by Gasteiger charge is -2.07. The molecular formula is C12H10ClN3O4S. The molecule has 0 unspecified atom stereocenters. The first-order chi connectivity index (χ1) is 9.90. The van der Waals surface area contributed by atoms with E-state index in [1.54, 1.807) is 12.1 Å². The van der Waals surface area contributed by atoms with E-state index in [2.05, 4.69) is 14.9 Å². The van der Waals surface area contributed by atoms with E-state index in [1.165, 1.54) is 18.3 Å². The van der Waals surface area contributed by atoms with E-state index in [-0.39, 0.29) is 22.0 Å². The summed E-state index contributed by atoms with van der Waals surface area (Å²) < 4.78 is 26.5. The van der Waals surface area contributed by atoms with Crippen LogP contribution in [0.1, 0.15) is 16.1 Å². The third-order valence-corrected chi connectivity index (χ3v) is 4.28. The zero-order valence-corrected chi connectivity index (χ0v) is 12.1. The Bertz CT molecular complexity index is 765. The molecule has 0 amide bonds. The fraction of sp³-hybridized carbons (Fsp3) is 0.0833. The number of aromatic nitrogens is 2. The first-order valence-electron chi connectivity index (χ1n) is 5.69. The van der Waals surface area contributed by atoms with E-state index >= 15 is 0 Å². The van der Waals surface area contributed by atoms with Gasteiger partial charge in [0.1, 0.15) is 0 Å². The van der Waals surface area contributed by atoms with Crippen LogP contribution in [0.3, 0.4) is 0 Å². The third kappa shape index (κ3) is 3.75. The molecule has 0 atom stereocenters. The van der Waals surface area contributed by atoms with Gasteiger partial charge in [-0.1, -0.05) is 11.6 Å². The van der Waals surface area contributed by atoms with Gasteiger partial charge < -0.3 is 5.11 Å². The van der Waals surface area contributed by atoms with Crippen molar-refractivity contribution in [2.75, 3.05) is 0 Å². The van der Waals surface area contributed by atoms with Gasteiger partial charge in [0, 0.05) is 6.20 Å². The number of carboxylic acids is 1. The number of nitrogens with one attached hydrogen (secondary N) is 1. The summed E-state index contributed by atoms with van der Waals surface area (Å²) in [6, 6.07) is 6.70. The quantitative estimate of drug-likeness (QED) is 0.856. The number of nitrogens with zero attached hydrogens (tertiary/aromatic N) is 2. The molecule has 0 saturated heterocycles. The molecule has 2 rings (SSSR count). The van der Waals surface area contributed by atoms with Crippen molar-refractivity contribution in [2.24, 2.45) is 0 Å². The summed E-state index contributed by atoms with van der Waals surface area (Å²) in [6.45, 7) is -0.0544. The SMILES string of the molecule is O=C(O)c1cc(S(=O)(=O)NCc2cccnn2)ccc1Cl. The third-order valence-electron chi connectivity index (χ3n) is 2.55. The van der Waals surface area contributed by atoms with E-state index in [1.807, 2.05) is 0 Å². The number of hydrogen-bond acceptors (Lipinski definition) is 5. The fourth-order valence-corrected chi connectivity index (χ4v) is 2.74. The maximum absolute atomic E-state index is 12.1. The van der Waals surface area contributed by atoms with Gasteiger partial charge in [-0.25, -0.2) is 17.9 Å². The average molecular weight is 328 g/mol. The minimum atomic E-state index is -3.87. The van der Waals surface area contributed by atoms with Gasteiger partial charge in [-0.15, -0.1) is 0 Å². The molecule has 0 saturated carbocycles. The van der Waals surface area contributed by atoms with E-state index in [0.717, 1.165) is 6.07 Å². The molecule has 0 spiro atoms.